The van der Waals surface area contributed by atoms with Gasteiger partial charge in [0.1, 0.15) is 0 Å². The van der Waals surface area contributed by atoms with E-state index < -0.39 is 17.6 Å². The van der Waals surface area contributed by atoms with E-state index in [0.29, 0.717) is 18.2 Å². The number of fused-ring (bicyclic) bond motifs is 2. The monoisotopic (exact) mass is 247 g/mol. The van der Waals surface area contributed by atoms with Crippen molar-refractivity contribution in [2.45, 2.75) is 43.9 Å². The van der Waals surface area contributed by atoms with Gasteiger partial charge in [-0.2, -0.15) is 13.2 Å². The van der Waals surface area contributed by atoms with Gasteiger partial charge < -0.3 is 9.73 Å². The summed E-state index contributed by atoms with van der Waals surface area (Å²) >= 11 is 0. The van der Waals surface area contributed by atoms with Crippen molar-refractivity contribution in [2.75, 3.05) is 0 Å². The number of alkyl halides is 3. The maximum Gasteiger partial charge on any atom is 0.391 e. The highest BCUT2D eigenvalue weighted by molar-refractivity contribution is 5.16. The van der Waals surface area contributed by atoms with Gasteiger partial charge in [0.15, 0.2) is 0 Å². The number of nitrogens with zero attached hydrogens (tertiary/aromatic N) is 2. The minimum absolute atomic E-state index is 0.00532. The Morgan fingerprint density at radius 1 is 1.35 bits per heavy atom. The van der Waals surface area contributed by atoms with E-state index in [9.17, 15) is 13.2 Å². The average molecular weight is 247 g/mol. The van der Waals surface area contributed by atoms with Crippen molar-refractivity contribution in [1.82, 2.24) is 15.5 Å². The van der Waals surface area contributed by atoms with Crippen LogP contribution in [-0.2, 0) is 5.54 Å². The minimum Gasteiger partial charge on any atom is -0.424 e. The second-order valence-electron chi connectivity index (χ2n) is 4.93. The Hall–Kier alpha value is -1.11. The first-order valence-electron chi connectivity index (χ1n) is 5.54. The van der Waals surface area contributed by atoms with E-state index in [-0.39, 0.29) is 18.9 Å². The normalized spacial score (nSPS) is 36.7. The summed E-state index contributed by atoms with van der Waals surface area (Å²) in [6.07, 6.45) is -3.34. The second kappa shape index (κ2) is 3.22. The van der Waals surface area contributed by atoms with Crippen LogP contribution in [0.15, 0.2) is 4.42 Å². The predicted molar refractivity (Wildman–Crippen MR) is 51.0 cm³/mol. The van der Waals surface area contributed by atoms with E-state index in [1.165, 1.54) is 0 Å². The van der Waals surface area contributed by atoms with E-state index >= 15 is 0 Å². The predicted octanol–water partition coefficient (Wildman–Crippen LogP) is 1.91. The van der Waals surface area contributed by atoms with Crippen LogP contribution in [0.5, 0.6) is 0 Å². The molecule has 1 aromatic heterocycles. The topological polar surface area (TPSA) is 51.0 Å². The fraction of sp³-hybridized carbons (Fsp3) is 0.800. The van der Waals surface area contributed by atoms with Crippen LogP contribution in [0.1, 0.15) is 31.0 Å². The maximum absolute atomic E-state index is 12.7. The van der Waals surface area contributed by atoms with Crippen LogP contribution in [-0.4, -0.2) is 22.4 Å². The summed E-state index contributed by atoms with van der Waals surface area (Å²) in [6, 6.07) is -0.0809. The zero-order valence-electron chi connectivity index (χ0n) is 9.21. The molecule has 2 saturated heterocycles. The summed E-state index contributed by atoms with van der Waals surface area (Å²) in [6.45, 7) is 1.63. The van der Waals surface area contributed by atoms with Crippen LogP contribution in [0.2, 0.25) is 0 Å². The largest absolute Gasteiger partial charge is 0.424 e. The van der Waals surface area contributed by atoms with Crippen molar-refractivity contribution in [1.29, 1.82) is 0 Å². The fourth-order valence-corrected chi connectivity index (χ4v) is 2.90. The second-order valence-corrected chi connectivity index (χ2v) is 4.93. The summed E-state index contributed by atoms with van der Waals surface area (Å²) in [5.74, 6) is -0.594. The van der Waals surface area contributed by atoms with Gasteiger partial charge in [-0.15, -0.1) is 10.2 Å². The highest BCUT2D eigenvalue weighted by Gasteiger charge is 2.59. The molecule has 1 aliphatic carbocycles. The zero-order chi connectivity index (χ0) is 12.3. The molecule has 0 spiro atoms. The molecular weight excluding hydrogens is 235 g/mol. The van der Waals surface area contributed by atoms with Crippen LogP contribution in [0.25, 0.3) is 0 Å². The molecule has 3 heterocycles. The molecule has 4 rings (SSSR count). The van der Waals surface area contributed by atoms with Gasteiger partial charge in [-0.05, 0) is 19.3 Å². The van der Waals surface area contributed by atoms with Crippen molar-refractivity contribution in [3.8, 4) is 0 Å². The molecule has 1 aromatic rings. The molecule has 4 nitrogen and oxygen atoms in total. The molecule has 7 heteroatoms. The van der Waals surface area contributed by atoms with Crippen LogP contribution < -0.4 is 5.32 Å². The summed E-state index contributed by atoms with van der Waals surface area (Å²) in [5.41, 5.74) is -0.746. The molecule has 2 bridgehead atoms. The number of hydrogen-bond acceptors (Lipinski definition) is 4. The number of halogens is 3. The van der Waals surface area contributed by atoms with Crippen LogP contribution in [0.4, 0.5) is 13.2 Å². The Morgan fingerprint density at radius 3 is 2.59 bits per heavy atom. The Balaban J connectivity index is 1.86. The van der Waals surface area contributed by atoms with Crippen LogP contribution >= 0.6 is 0 Å². The van der Waals surface area contributed by atoms with Gasteiger partial charge in [0.2, 0.25) is 11.8 Å². The lowest BCUT2D eigenvalue weighted by Crippen LogP contribution is -2.67. The molecule has 17 heavy (non-hydrogen) atoms. The first kappa shape index (κ1) is 11.0. The molecule has 3 atom stereocenters. The fourth-order valence-electron chi connectivity index (χ4n) is 2.90. The van der Waals surface area contributed by atoms with Crippen molar-refractivity contribution in [3.05, 3.63) is 11.8 Å². The third-order valence-corrected chi connectivity index (χ3v) is 3.64. The number of aromatic nitrogens is 2. The molecule has 1 unspecified atom stereocenters. The summed E-state index contributed by atoms with van der Waals surface area (Å²) in [7, 11) is 0. The van der Waals surface area contributed by atoms with Gasteiger partial charge in [0.05, 0.1) is 11.5 Å². The van der Waals surface area contributed by atoms with E-state index in [1.807, 2.05) is 0 Å². The third-order valence-electron chi connectivity index (χ3n) is 3.64. The summed E-state index contributed by atoms with van der Waals surface area (Å²) in [4.78, 5) is 0. The summed E-state index contributed by atoms with van der Waals surface area (Å²) in [5, 5.41) is 10.7. The molecule has 0 aromatic carbocycles. The summed E-state index contributed by atoms with van der Waals surface area (Å²) < 4.78 is 43.5. The Morgan fingerprint density at radius 2 is 2.06 bits per heavy atom. The van der Waals surface area contributed by atoms with E-state index in [2.05, 4.69) is 15.5 Å². The van der Waals surface area contributed by atoms with E-state index in [1.54, 1.807) is 6.92 Å². The van der Waals surface area contributed by atoms with Gasteiger partial charge in [-0.3, -0.25) is 0 Å². The molecule has 3 fully saturated rings. The lowest BCUT2D eigenvalue weighted by Gasteiger charge is -2.54. The quantitative estimate of drug-likeness (QED) is 0.823. The smallest absolute Gasteiger partial charge is 0.391 e. The first-order valence-corrected chi connectivity index (χ1v) is 5.54. The molecule has 0 radical (unpaired) electrons. The van der Waals surface area contributed by atoms with Gasteiger partial charge in [0.25, 0.3) is 0 Å². The van der Waals surface area contributed by atoms with E-state index in [4.69, 9.17) is 4.42 Å². The van der Waals surface area contributed by atoms with E-state index in [0.717, 1.165) is 0 Å². The van der Waals surface area contributed by atoms with Crippen molar-refractivity contribution >= 4 is 0 Å². The highest BCUT2D eigenvalue weighted by Crippen LogP contribution is 2.51. The molecular formula is C10H12F3N3O. The van der Waals surface area contributed by atoms with Crippen LogP contribution in [0, 0.1) is 12.8 Å². The van der Waals surface area contributed by atoms with Gasteiger partial charge in [-0.1, -0.05) is 0 Å². The number of nitrogens with one attached hydrogen (secondary N) is 1. The maximum atomic E-state index is 12.7. The Kier molecular flexibility index (Phi) is 2.08. The average Bonchev–Trinajstić information content (AvgIpc) is 2.62. The molecule has 1 N–H and O–H groups in total. The van der Waals surface area contributed by atoms with Crippen molar-refractivity contribution in [3.63, 3.8) is 0 Å². The lowest BCUT2D eigenvalue weighted by atomic mass is 9.65. The SMILES string of the molecule is Cc1nnc(C23C[C@@H](C[C@@H](C(F)(F)F)C2)N3)o1. The Bertz CT molecular complexity index is 436. The lowest BCUT2D eigenvalue weighted by molar-refractivity contribution is -0.206. The molecule has 1 saturated carbocycles. The standard InChI is InChI=1S/C10H12F3N3O/c1-5-15-16-8(17-5)9-3-6(10(11,12)13)2-7(4-9)14-9/h6-7,14H,2-4H2,1H3/t6-,7-,9?/m1/s1. The number of aryl methyl sites for hydroxylation is 1. The molecule has 2 aliphatic heterocycles. The minimum atomic E-state index is -4.14. The van der Waals surface area contributed by atoms with Crippen molar-refractivity contribution < 1.29 is 17.6 Å². The highest BCUT2D eigenvalue weighted by atomic mass is 19.4. The number of hydrogen-bond donors (Lipinski definition) is 1. The number of rotatable bonds is 1. The van der Waals surface area contributed by atoms with Gasteiger partial charge >= 0.3 is 6.18 Å². The molecule has 94 valence electrons. The van der Waals surface area contributed by atoms with Crippen LogP contribution in [0.3, 0.4) is 0 Å². The first-order chi connectivity index (χ1) is 7.89. The van der Waals surface area contributed by atoms with Crippen molar-refractivity contribution in [2.24, 2.45) is 5.92 Å². The van der Waals surface area contributed by atoms with Gasteiger partial charge in [-0.25, -0.2) is 0 Å². The Labute approximate surface area is 95.6 Å². The third kappa shape index (κ3) is 1.64. The number of piperidine rings is 1. The zero-order valence-corrected chi connectivity index (χ0v) is 9.21. The molecule has 0 amide bonds. The van der Waals surface area contributed by atoms with Gasteiger partial charge in [0, 0.05) is 13.0 Å². The molecule has 3 aliphatic rings.